The molecule has 1 amide bonds. The molecule has 4 N–H and O–H groups in total. The van der Waals surface area contributed by atoms with Gasteiger partial charge in [0.05, 0.1) is 18.8 Å². The van der Waals surface area contributed by atoms with E-state index in [4.69, 9.17) is 10.5 Å². The van der Waals surface area contributed by atoms with Crippen molar-refractivity contribution in [3.8, 4) is 5.75 Å². The van der Waals surface area contributed by atoms with Gasteiger partial charge in [0.2, 0.25) is 15.9 Å². The molecule has 3 rings (SSSR count). The topological polar surface area (TPSA) is 111 Å². The van der Waals surface area contributed by atoms with Gasteiger partial charge in [-0.2, -0.15) is 0 Å². The summed E-state index contributed by atoms with van der Waals surface area (Å²) >= 11 is 0. The number of hydrogen-bond acceptors (Lipinski definition) is 5. The second-order valence-corrected chi connectivity index (χ2v) is 9.66. The minimum atomic E-state index is -4.30. The van der Waals surface area contributed by atoms with Crippen LogP contribution in [0.2, 0.25) is 0 Å². The van der Waals surface area contributed by atoms with Crippen LogP contribution < -0.4 is 20.5 Å². The van der Waals surface area contributed by atoms with Crippen molar-refractivity contribution >= 4 is 21.6 Å². The van der Waals surface area contributed by atoms with Crippen molar-refractivity contribution in [3.05, 3.63) is 17.9 Å². The smallest absolute Gasteiger partial charge is 0.251 e. The quantitative estimate of drug-likeness (QED) is 0.593. The van der Waals surface area contributed by atoms with Crippen LogP contribution in [0.1, 0.15) is 44.9 Å². The largest absolute Gasteiger partial charge is 0.495 e. The molecule has 0 bridgehead atoms. The highest BCUT2D eigenvalue weighted by molar-refractivity contribution is 7.89. The average molecular weight is 449 g/mol. The third-order valence-electron chi connectivity index (χ3n) is 5.67. The summed E-state index contributed by atoms with van der Waals surface area (Å²) in [5, 5.41) is 2.40. The van der Waals surface area contributed by atoms with Gasteiger partial charge in [-0.15, -0.1) is 0 Å². The van der Waals surface area contributed by atoms with Crippen molar-refractivity contribution in [2.24, 2.45) is 11.7 Å². The number of rotatable bonds is 7. The number of ether oxygens (including phenoxy) is 1. The summed E-state index contributed by atoms with van der Waals surface area (Å²) in [6.45, 7) is 0. The molecule has 0 heterocycles. The van der Waals surface area contributed by atoms with Crippen molar-refractivity contribution < 1.29 is 31.1 Å². The van der Waals surface area contributed by atoms with Crippen LogP contribution in [0.4, 0.5) is 18.9 Å². The Bertz CT molecular complexity index is 897. The maximum Gasteiger partial charge on any atom is 0.251 e. The van der Waals surface area contributed by atoms with Crippen LogP contribution in [-0.2, 0) is 14.8 Å². The lowest BCUT2D eigenvalue weighted by Gasteiger charge is -2.35. The normalized spacial score (nSPS) is 21.0. The Morgan fingerprint density at radius 3 is 2.43 bits per heavy atom. The summed E-state index contributed by atoms with van der Waals surface area (Å²) in [5.74, 6) is -4.69. The number of methoxy groups -OCH3 is 1. The number of benzene rings is 1. The molecule has 2 aliphatic carbocycles. The van der Waals surface area contributed by atoms with E-state index in [0.29, 0.717) is 6.07 Å². The predicted molar refractivity (Wildman–Crippen MR) is 104 cm³/mol. The SMILES string of the molecule is COc1cc(NC(=O)[C@@H](N)C2CCCCC2)c(F)cc1S(=O)(=O)NC1CC(F)(F)C1. The number of carbonyl (C=O) groups excluding carboxylic acids is 1. The first kappa shape index (κ1) is 22.8. The molecule has 1 aromatic carbocycles. The fourth-order valence-corrected chi connectivity index (χ4v) is 5.35. The zero-order valence-corrected chi connectivity index (χ0v) is 17.4. The number of alkyl halides is 2. The van der Waals surface area contributed by atoms with Gasteiger partial charge in [-0.05, 0) is 24.8 Å². The van der Waals surface area contributed by atoms with Gasteiger partial charge in [-0.3, -0.25) is 4.79 Å². The van der Waals surface area contributed by atoms with E-state index in [1.807, 2.05) is 0 Å². The van der Waals surface area contributed by atoms with Gasteiger partial charge in [0.25, 0.3) is 5.92 Å². The third-order valence-corrected chi connectivity index (χ3v) is 7.21. The fraction of sp³-hybridized carbons (Fsp3) is 0.632. The van der Waals surface area contributed by atoms with Crippen molar-refractivity contribution in [2.45, 2.75) is 67.8 Å². The number of carbonyl (C=O) groups is 1. The van der Waals surface area contributed by atoms with Crippen molar-refractivity contribution in [2.75, 3.05) is 12.4 Å². The average Bonchev–Trinajstić information content (AvgIpc) is 2.67. The summed E-state index contributed by atoms with van der Waals surface area (Å²) in [4.78, 5) is 11.9. The number of sulfonamides is 1. The molecule has 0 saturated heterocycles. The zero-order valence-electron chi connectivity index (χ0n) is 16.6. The summed E-state index contributed by atoms with van der Waals surface area (Å²) in [6.07, 6.45) is 3.47. The highest BCUT2D eigenvalue weighted by atomic mass is 32.2. The molecule has 0 aromatic heterocycles. The summed E-state index contributed by atoms with van der Waals surface area (Å²) in [6, 6.07) is -0.00324. The molecule has 2 fully saturated rings. The standard InChI is InChI=1S/C19H26F3N3O4S/c1-29-15-8-14(24-18(26)17(23)11-5-3-2-4-6-11)13(20)7-16(15)30(27,28)25-12-9-19(21,22)10-12/h7-8,11-12,17,25H,2-6,9-10,23H2,1H3,(H,24,26)/t17-/m0/s1. The van der Waals surface area contributed by atoms with Crippen LogP contribution in [0.3, 0.4) is 0 Å². The highest BCUT2D eigenvalue weighted by Crippen LogP contribution is 2.39. The number of hydrogen-bond donors (Lipinski definition) is 3. The monoisotopic (exact) mass is 449 g/mol. The number of anilines is 1. The summed E-state index contributed by atoms with van der Waals surface area (Å²) < 4.78 is 72.8. The molecule has 2 aliphatic rings. The van der Waals surface area contributed by atoms with Crippen LogP contribution >= 0.6 is 0 Å². The number of nitrogens with one attached hydrogen (secondary N) is 2. The van der Waals surface area contributed by atoms with Gasteiger partial charge in [-0.25, -0.2) is 26.3 Å². The van der Waals surface area contributed by atoms with Crippen LogP contribution in [0.25, 0.3) is 0 Å². The number of halogens is 3. The Morgan fingerprint density at radius 2 is 1.87 bits per heavy atom. The molecule has 2 saturated carbocycles. The lowest BCUT2D eigenvalue weighted by Crippen LogP contribution is -2.50. The maximum absolute atomic E-state index is 14.6. The van der Waals surface area contributed by atoms with E-state index in [9.17, 15) is 26.4 Å². The third kappa shape index (κ3) is 5.06. The van der Waals surface area contributed by atoms with E-state index in [-0.39, 0.29) is 17.4 Å². The minimum Gasteiger partial charge on any atom is -0.495 e. The Morgan fingerprint density at radius 1 is 1.23 bits per heavy atom. The molecule has 7 nitrogen and oxygen atoms in total. The first-order chi connectivity index (χ1) is 14.0. The highest BCUT2D eigenvalue weighted by Gasteiger charge is 2.47. The van der Waals surface area contributed by atoms with E-state index in [1.165, 1.54) is 7.11 Å². The van der Waals surface area contributed by atoms with Gasteiger partial charge in [0.1, 0.15) is 16.5 Å². The molecule has 0 radical (unpaired) electrons. The molecule has 1 atom stereocenters. The lowest BCUT2D eigenvalue weighted by molar-refractivity contribution is -0.118. The predicted octanol–water partition coefficient (Wildman–Crippen LogP) is 2.76. The van der Waals surface area contributed by atoms with Gasteiger partial charge in [-0.1, -0.05) is 19.3 Å². The Balaban J connectivity index is 1.75. The minimum absolute atomic E-state index is 0.00756. The number of nitrogens with two attached hydrogens (primary N) is 1. The molecule has 0 unspecified atom stereocenters. The van der Waals surface area contributed by atoms with E-state index in [2.05, 4.69) is 10.0 Å². The van der Waals surface area contributed by atoms with Gasteiger partial charge in [0.15, 0.2) is 0 Å². The van der Waals surface area contributed by atoms with Gasteiger partial charge < -0.3 is 15.8 Å². The Hall–Kier alpha value is -1.85. The van der Waals surface area contributed by atoms with Crippen molar-refractivity contribution in [1.29, 1.82) is 0 Å². The molecule has 30 heavy (non-hydrogen) atoms. The molecule has 1 aromatic rings. The summed E-state index contributed by atoms with van der Waals surface area (Å²) in [7, 11) is -3.12. The van der Waals surface area contributed by atoms with Crippen LogP contribution in [0.15, 0.2) is 17.0 Å². The van der Waals surface area contributed by atoms with Gasteiger partial charge in [0, 0.05) is 24.9 Å². The van der Waals surface area contributed by atoms with Crippen LogP contribution in [-0.4, -0.2) is 39.4 Å². The van der Waals surface area contributed by atoms with Gasteiger partial charge >= 0.3 is 0 Å². The molecule has 11 heteroatoms. The Labute approximate surface area is 173 Å². The first-order valence-electron chi connectivity index (χ1n) is 9.86. The van der Waals surface area contributed by atoms with E-state index >= 15 is 0 Å². The fourth-order valence-electron chi connectivity index (χ4n) is 3.95. The van der Waals surface area contributed by atoms with Crippen molar-refractivity contribution in [1.82, 2.24) is 4.72 Å². The van der Waals surface area contributed by atoms with E-state index in [1.54, 1.807) is 0 Å². The van der Waals surface area contributed by atoms with E-state index < -0.39 is 57.5 Å². The first-order valence-corrected chi connectivity index (χ1v) is 11.3. The molecule has 0 aliphatic heterocycles. The zero-order chi connectivity index (χ0) is 22.1. The molecular weight excluding hydrogens is 423 g/mol. The van der Waals surface area contributed by atoms with Crippen molar-refractivity contribution in [3.63, 3.8) is 0 Å². The molecular formula is C19H26F3N3O4S. The second kappa shape index (κ2) is 8.72. The second-order valence-electron chi connectivity index (χ2n) is 7.98. The molecule has 0 spiro atoms. The number of amides is 1. The van der Waals surface area contributed by atoms with Crippen LogP contribution in [0.5, 0.6) is 5.75 Å². The van der Waals surface area contributed by atoms with Crippen LogP contribution in [0, 0.1) is 11.7 Å². The maximum atomic E-state index is 14.6. The Kier molecular flexibility index (Phi) is 6.63. The van der Waals surface area contributed by atoms with E-state index in [0.717, 1.165) is 38.2 Å². The summed E-state index contributed by atoms with van der Waals surface area (Å²) in [5.41, 5.74) is 5.76. The lowest BCUT2D eigenvalue weighted by atomic mass is 9.84. The molecule has 168 valence electrons.